The van der Waals surface area contributed by atoms with Crippen molar-refractivity contribution in [1.29, 1.82) is 0 Å². The van der Waals surface area contributed by atoms with Gasteiger partial charge >= 0.3 is 0 Å². The number of carbonyl (C=O) groups is 1. The molecule has 1 saturated carbocycles. The number of carbonyl (C=O) groups excluding carboxylic acids is 1. The van der Waals surface area contributed by atoms with Crippen molar-refractivity contribution in [1.82, 2.24) is 20.1 Å². The van der Waals surface area contributed by atoms with Crippen molar-refractivity contribution in [3.8, 4) is 17.1 Å². The van der Waals surface area contributed by atoms with Crippen molar-refractivity contribution >= 4 is 17.7 Å². The summed E-state index contributed by atoms with van der Waals surface area (Å²) >= 11 is 1.62. The molecule has 0 bridgehead atoms. The van der Waals surface area contributed by atoms with Crippen LogP contribution in [0.5, 0.6) is 0 Å². The van der Waals surface area contributed by atoms with Gasteiger partial charge in [-0.15, -0.1) is 10.2 Å². The molecule has 1 aliphatic rings. The smallest absolute Gasteiger partial charge is 0.251 e. The van der Waals surface area contributed by atoms with Gasteiger partial charge in [0.05, 0.1) is 0 Å². The molecule has 1 aliphatic carbocycles. The topological polar surface area (TPSA) is 59.8 Å². The number of benzene rings is 3. The molecule has 0 radical (unpaired) electrons. The molecule has 6 heteroatoms. The van der Waals surface area contributed by atoms with Crippen LogP contribution in [0.2, 0.25) is 0 Å². The average molecular weight is 455 g/mol. The van der Waals surface area contributed by atoms with Crippen LogP contribution in [0, 0.1) is 13.8 Å². The van der Waals surface area contributed by atoms with Gasteiger partial charge in [-0.05, 0) is 56.5 Å². The highest BCUT2D eigenvalue weighted by atomic mass is 32.2. The second kappa shape index (κ2) is 9.24. The zero-order valence-corrected chi connectivity index (χ0v) is 19.6. The summed E-state index contributed by atoms with van der Waals surface area (Å²) in [7, 11) is 0. The minimum absolute atomic E-state index is 0.00818. The normalized spacial score (nSPS) is 13.2. The summed E-state index contributed by atoms with van der Waals surface area (Å²) in [5.74, 6) is 1.52. The van der Waals surface area contributed by atoms with E-state index in [0.717, 1.165) is 40.6 Å². The van der Waals surface area contributed by atoms with Crippen molar-refractivity contribution in [3.63, 3.8) is 0 Å². The number of thioether (sulfide) groups is 1. The highest BCUT2D eigenvalue weighted by Gasteiger charge is 2.24. The predicted octanol–water partition coefficient (Wildman–Crippen LogP) is 5.74. The highest BCUT2D eigenvalue weighted by molar-refractivity contribution is 7.98. The minimum Gasteiger partial charge on any atom is -0.349 e. The number of aromatic nitrogens is 3. The van der Waals surface area contributed by atoms with E-state index in [9.17, 15) is 4.79 Å². The SMILES string of the molecule is Cc1ccc(-c2nnc(SCc3cccc(C(=O)NC4CC4)c3)n2-c2ccc(C)cc2)cc1. The third-order valence-electron chi connectivity index (χ3n) is 5.70. The van der Waals surface area contributed by atoms with Crippen LogP contribution in [0.1, 0.15) is 39.9 Å². The molecule has 4 aromatic rings. The molecule has 0 aliphatic heterocycles. The predicted molar refractivity (Wildman–Crippen MR) is 133 cm³/mol. The molecule has 33 heavy (non-hydrogen) atoms. The van der Waals surface area contributed by atoms with E-state index in [1.807, 2.05) is 24.3 Å². The number of amides is 1. The first-order valence-corrected chi connectivity index (χ1v) is 12.2. The van der Waals surface area contributed by atoms with Gasteiger partial charge < -0.3 is 5.32 Å². The fourth-order valence-corrected chi connectivity index (χ4v) is 4.52. The van der Waals surface area contributed by atoms with E-state index < -0.39 is 0 Å². The molecular formula is C27H26N4OS. The maximum atomic E-state index is 12.4. The third-order valence-corrected chi connectivity index (χ3v) is 6.71. The lowest BCUT2D eigenvalue weighted by atomic mass is 10.1. The number of hydrogen-bond donors (Lipinski definition) is 1. The zero-order chi connectivity index (χ0) is 22.8. The van der Waals surface area contributed by atoms with E-state index in [2.05, 4.69) is 82.5 Å². The summed E-state index contributed by atoms with van der Waals surface area (Å²) in [5.41, 5.74) is 6.26. The summed E-state index contributed by atoms with van der Waals surface area (Å²) in [6.45, 7) is 4.16. The van der Waals surface area contributed by atoms with Crippen LogP contribution in [-0.2, 0) is 5.75 Å². The molecule has 0 spiro atoms. The third kappa shape index (κ3) is 5.01. The highest BCUT2D eigenvalue weighted by Crippen LogP contribution is 2.30. The van der Waals surface area contributed by atoms with Crippen LogP contribution in [-0.4, -0.2) is 26.7 Å². The maximum Gasteiger partial charge on any atom is 0.251 e. The second-order valence-corrected chi connectivity index (χ2v) is 9.52. The lowest BCUT2D eigenvalue weighted by Gasteiger charge is -2.11. The average Bonchev–Trinajstić information content (AvgIpc) is 3.55. The summed E-state index contributed by atoms with van der Waals surface area (Å²) in [5, 5.41) is 13.0. The van der Waals surface area contributed by atoms with Crippen molar-refractivity contribution in [2.45, 2.75) is 43.6 Å². The Kier molecular flexibility index (Phi) is 6.01. The Balaban J connectivity index is 1.43. The van der Waals surface area contributed by atoms with E-state index in [4.69, 9.17) is 0 Å². The first-order valence-electron chi connectivity index (χ1n) is 11.2. The second-order valence-electron chi connectivity index (χ2n) is 8.58. The Labute approximate surface area is 198 Å². The molecule has 1 heterocycles. The van der Waals surface area contributed by atoms with Gasteiger partial charge in [0.25, 0.3) is 5.91 Å². The van der Waals surface area contributed by atoms with Crippen LogP contribution in [0.4, 0.5) is 0 Å². The number of nitrogens with zero attached hydrogens (tertiary/aromatic N) is 3. The van der Waals surface area contributed by atoms with Gasteiger partial charge in [-0.2, -0.15) is 0 Å². The van der Waals surface area contributed by atoms with Crippen molar-refractivity contribution in [3.05, 3.63) is 95.1 Å². The summed E-state index contributed by atoms with van der Waals surface area (Å²) in [6, 6.07) is 24.9. The number of hydrogen-bond acceptors (Lipinski definition) is 4. The summed E-state index contributed by atoms with van der Waals surface area (Å²) < 4.78 is 2.11. The lowest BCUT2D eigenvalue weighted by Crippen LogP contribution is -2.25. The molecule has 1 amide bonds. The van der Waals surface area contributed by atoms with Gasteiger partial charge in [0.2, 0.25) is 0 Å². The van der Waals surface area contributed by atoms with E-state index in [1.54, 1.807) is 11.8 Å². The van der Waals surface area contributed by atoms with Crippen molar-refractivity contribution in [2.24, 2.45) is 0 Å². The molecule has 1 aromatic heterocycles. The summed E-state index contributed by atoms with van der Waals surface area (Å²) in [4.78, 5) is 12.4. The van der Waals surface area contributed by atoms with Crippen LogP contribution in [0.15, 0.2) is 78.0 Å². The summed E-state index contributed by atoms with van der Waals surface area (Å²) in [6.07, 6.45) is 2.17. The van der Waals surface area contributed by atoms with E-state index in [-0.39, 0.29) is 5.91 Å². The molecule has 0 atom stereocenters. The standard InChI is InChI=1S/C27H26N4OS/c1-18-6-10-21(11-7-18)25-29-30-27(31(25)24-14-8-19(2)9-15-24)33-17-20-4-3-5-22(16-20)26(32)28-23-12-13-23/h3-11,14-16,23H,12-13,17H2,1-2H3,(H,28,32). The molecule has 1 fully saturated rings. The van der Waals surface area contributed by atoms with Crippen molar-refractivity contribution < 1.29 is 4.79 Å². The minimum atomic E-state index is 0.00818. The molecule has 0 saturated heterocycles. The fraction of sp³-hybridized carbons (Fsp3) is 0.222. The molecule has 5 rings (SSSR count). The Morgan fingerprint density at radius 2 is 1.67 bits per heavy atom. The Morgan fingerprint density at radius 1 is 0.970 bits per heavy atom. The number of nitrogens with one attached hydrogen (secondary N) is 1. The molecule has 5 nitrogen and oxygen atoms in total. The van der Waals surface area contributed by atoms with E-state index in [0.29, 0.717) is 17.4 Å². The van der Waals surface area contributed by atoms with Crippen LogP contribution >= 0.6 is 11.8 Å². The molecule has 1 N–H and O–H groups in total. The quantitative estimate of drug-likeness (QED) is 0.362. The monoisotopic (exact) mass is 454 g/mol. The zero-order valence-electron chi connectivity index (χ0n) is 18.8. The molecule has 0 unspecified atom stereocenters. The Morgan fingerprint density at radius 3 is 2.36 bits per heavy atom. The largest absolute Gasteiger partial charge is 0.349 e. The first-order chi connectivity index (χ1) is 16.1. The maximum absolute atomic E-state index is 12.4. The van der Waals surface area contributed by atoms with Gasteiger partial charge in [-0.25, -0.2) is 0 Å². The molecule has 166 valence electrons. The van der Waals surface area contributed by atoms with Gasteiger partial charge in [0.15, 0.2) is 11.0 Å². The van der Waals surface area contributed by atoms with Crippen LogP contribution in [0.3, 0.4) is 0 Å². The Hall–Kier alpha value is -3.38. The fourth-order valence-electron chi connectivity index (χ4n) is 3.63. The Bertz CT molecular complexity index is 1270. The molecule has 3 aromatic carbocycles. The van der Waals surface area contributed by atoms with Gasteiger partial charge in [0, 0.05) is 28.6 Å². The van der Waals surface area contributed by atoms with Crippen molar-refractivity contribution in [2.75, 3.05) is 0 Å². The van der Waals surface area contributed by atoms with Crippen LogP contribution in [0.25, 0.3) is 17.1 Å². The number of rotatable bonds is 7. The lowest BCUT2D eigenvalue weighted by molar-refractivity contribution is 0.0951. The van der Waals surface area contributed by atoms with Crippen LogP contribution < -0.4 is 5.32 Å². The van der Waals surface area contributed by atoms with E-state index in [1.165, 1.54) is 11.1 Å². The van der Waals surface area contributed by atoms with Gasteiger partial charge in [-0.1, -0.05) is 71.4 Å². The van der Waals surface area contributed by atoms with Gasteiger partial charge in [-0.3, -0.25) is 9.36 Å². The first kappa shape index (κ1) is 21.5. The van der Waals surface area contributed by atoms with Gasteiger partial charge in [0.1, 0.15) is 0 Å². The molecular weight excluding hydrogens is 428 g/mol. The van der Waals surface area contributed by atoms with E-state index >= 15 is 0 Å². The number of aryl methyl sites for hydroxylation is 2.